The first-order chi connectivity index (χ1) is 12.1. The number of sulfonamides is 1. The van der Waals surface area contributed by atoms with Gasteiger partial charge in [0, 0.05) is 17.2 Å². The van der Waals surface area contributed by atoms with Crippen molar-refractivity contribution in [1.82, 2.24) is 0 Å². The van der Waals surface area contributed by atoms with Crippen molar-refractivity contribution in [3.63, 3.8) is 0 Å². The molecule has 1 aliphatic carbocycles. The number of rotatable bonds is 3. The third-order valence-electron chi connectivity index (χ3n) is 3.88. The highest BCUT2D eigenvalue weighted by Gasteiger charge is 2.46. The first-order valence-corrected chi connectivity index (χ1v) is 8.70. The zero-order valence-corrected chi connectivity index (χ0v) is 13.7. The molecule has 3 atom stereocenters. The SMILES string of the molecule is [C-]#[N+]c1cc(F)cc(Oc2ccc(S(N)(=O)=O)c3c2[C@H](F)[C@@H](F)[C@H]3O)c1. The summed E-state index contributed by atoms with van der Waals surface area (Å²) in [5.41, 5.74) is -1.14. The van der Waals surface area contributed by atoms with Gasteiger partial charge in [-0.25, -0.2) is 31.6 Å². The van der Waals surface area contributed by atoms with Gasteiger partial charge in [0.05, 0.1) is 11.5 Å². The van der Waals surface area contributed by atoms with E-state index < -0.39 is 50.3 Å². The first kappa shape index (κ1) is 18.2. The van der Waals surface area contributed by atoms with E-state index in [2.05, 4.69) is 4.85 Å². The average molecular weight is 384 g/mol. The smallest absolute Gasteiger partial charge is 0.238 e. The Balaban J connectivity index is 2.17. The number of hydrogen-bond acceptors (Lipinski definition) is 4. The molecule has 0 aromatic heterocycles. The van der Waals surface area contributed by atoms with Gasteiger partial charge in [-0.15, -0.1) is 0 Å². The van der Waals surface area contributed by atoms with Gasteiger partial charge in [0.1, 0.15) is 23.4 Å². The van der Waals surface area contributed by atoms with Gasteiger partial charge in [0.2, 0.25) is 10.0 Å². The predicted molar refractivity (Wildman–Crippen MR) is 84.3 cm³/mol. The molecule has 0 fully saturated rings. The number of ether oxygens (including phenoxy) is 1. The Morgan fingerprint density at radius 1 is 1.19 bits per heavy atom. The van der Waals surface area contributed by atoms with Crippen LogP contribution in [0.5, 0.6) is 11.5 Å². The highest BCUT2D eigenvalue weighted by Crippen LogP contribution is 2.50. The standard InChI is InChI=1S/C16H11F3N2O4S/c1-21-8-4-7(17)5-9(6-8)25-10-2-3-11(26(20,23)24)13-12(10)14(18)15(19)16(13)22/h2-6,14-16,22H,(H2,20,23,24)/t14-,15+,16-/m0/s1. The topological polar surface area (TPSA) is 94.0 Å². The summed E-state index contributed by atoms with van der Waals surface area (Å²) in [6.07, 6.45) is -6.84. The van der Waals surface area contributed by atoms with E-state index in [4.69, 9.17) is 16.4 Å². The van der Waals surface area contributed by atoms with Gasteiger partial charge in [-0.1, -0.05) is 0 Å². The molecule has 0 spiro atoms. The van der Waals surface area contributed by atoms with Gasteiger partial charge in [0.25, 0.3) is 0 Å². The molecule has 0 bridgehead atoms. The normalized spacial score (nSPS) is 21.9. The fourth-order valence-corrected chi connectivity index (χ4v) is 3.59. The van der Waals surface area contributed by atoms with Gasteiger partial charge < -0.3 is 9.84 Å². The van der Waals surface area contributed by atoms with E-state index in [1.54, 1.807) is 0 Å². The summed E-state index contributed by atoms with van der Waals surface area (Å²) in [6, 6.07) is 5.00. The summed E-state index contributed by atoms with van der Waals surface area (Å²) in [7, 11) is -4.36. The summed E-state index contributed by atoms with van der Waals surface area (Å²) in [5.74, 6) is -1.28. The minimum atomic E-state index is -4.36. The fourth-order valence-electron chi connectivity index (χ4n) is 2.80. The van der Waals surface area contributed by atoms with E-state index in [1.807, 2.05) is 0 Å². The Bertz CT molecular complexity index is 1040. The van der Waals surface area contributed by atoms with E-state index in [0.29, 0.717) is 0 Å². The molecule has 0 unspecified atom stereocenters. The maximum absolute atomic E-state index is 14.3. The number of hydrogen-bond donors (Lipinski definition) is 2. The van der Waals surface area contributed by atoms with Crippen LogP contribution in [0, 0.1) is 12.4 Å². The van der Waals surface area contributed by atoms with E-state index in [-0.39, 0.29) is 17.2 Å². The maximum atomic E-state index is 14.3. The van der Waals surface area contributed by atoms with Crippen LogP contribution in [-0.2, 0) is 10.0 Å². The van der Waals surface area contributed by atoms with Gasteiger partial charge in [-0.05, 0) is 24.3 Å². The van der Waals surface area contributed by atoms with Crippen LogP contribution < -0.4 is 9.88 Å². The third kappa shape index (κ3) is 3.01. The van der Waals surface area contributed by atoms with Crippen LogP contribution >= 0.6 is 0 Å². The van der Waals surface area contributed by atoms with E-state index >= 15 is 0 Å². The number of primary sulfonamides is 1. The molecule has 136 valence electrons. The third-order valence-corrected chi connectivity index (χ3v) is 4.85. The lowest BCUT2D eigenvalue weighted by Crippen LogP contribution is -2.17. The number of halogens is 3. The monoisotopic (exact) mass is 384 g/mol. The Morgan fingerprint density at radius 3 is 2.50 bits per heavy atom. The minimum Gasteiger partial charge on any atom is -0.458 e. The zero-order chi connectivity index (χ0) is 19.2. The fraction of sp³-hybridized carbons (Fsp3) is 0.188. The molecule has 0 saturated carbocycles. The van der Waals surface area contributed by atoms with E-state index in [9.17, 15) is 26.7 Å². The number of nitrogens with two attached hydrogens (primary N) is 1. The molecule has 0 radical (unpaired) electrons. The molecule has 10 heteroatoms. The molecular weight excluding hydrogens is 373 g/mol. The molecular formula is C16H11F3N2O4S. The van der Waals surface area contributed by atoms with Crippen LogP contribution in [-0.4, -0.2) is 19.7 Å². The van der Waals surface area contributed by atoms with Crippen LogP contribution in [0.15, 0.2) is 35.2 Å². The van der Waals surface area contributed by atoms with Gasteiger partial charge >= 0.3 is 0 Å². The second-order valence-electron chi connectivity index (χ2n) is 5.58. The van der Waals surface area contributed by atoms with E-state index in [0.717, 1.165) is 24.3 Å². The quantitative estimate of drug-likeness (QED) is 0.795. The van der Waals surface area contributed by atoms with Crippen LogP contribution in [0.3, 0.4) is 0 Å². The predicted octanol–water partition coefficient (Wildman–Crippen LogP) is 3.21. The molecule has 0 amide bonds. The lowest BCUT2D eigenvalue weighted by molar-refractivity contribution is 0.0454. The molecule has 6 nitrogen and oxygen atoms in total. The number of alkyl halides is 2. The Labute approximate surface area is 146 Å². The van der Waals surface area contributed by atoms with Gasteiger partial charge in [0.15, 0.2) is 18.0 Å². The van der Waals surface area contributed by atoms with E-state index in [1.165, 1.54) is 6.07 Å². The van der Waals surface area contributed by atoms with Crippen molar-refractivity contribution in [3.8, 4) is 11.5 Å². The second-order valence-corrected chi connectivity index (χ2v) is 7.11. The summed E-state index contributed by atoms with van der Waals surface area (Å²) >= 11 is 0. The maximum Gasteiger partial charge on any atom is 0.238 e. The largest absolute Gasteiger partial charge is 0.458 e. The van der Waals surface area contributed by atoms with Crippen molar-refractivity contribution in [2.24, 2.45) is 5.14 Å². The molecule has 0 aliphatic heterocycles. The van der Waals surface area contributed by atoms with Crippen molar-refractivity contribution in [1.29, 1.82) is 0 Å². The number of nitrogens with zero attached hydrogens (tertiary/aromatic N) is 1. The molecule has 0 heterocycles. The minimum absolute atomic E-state index is 0.0852. The van der Waals surface area contributed by atoms with Crippen molar-refractivity contribution in [2.45, 2.75) is 23.3 Å². The molecule has 3 N–H and O–H groups in total. The Kier molecular flexibility index (Phi) is 4.39. The van der Waals surface area contributed by atoms with Gasteiger partial charge in [-0.2, -0.15) is 0 Å². The highest BCUT2D eigenvalue weighted by atomic mass is 32.2. The van der Waals surface area contributed by atoms with Crippen LogP contribution in [0.25, 0.3) is 4.85 Å². The van der Waals surface area contributed by atoms with Crippen LogP contribution in [0.1, 0.15) is 23.4 Å². The van der Waals surface area contributed by atoms with Crippen LogP contribution in [0.2, 0.25) is 0 Å². The Hall–Kier alpha value is -2.61. The molecule has 2 aromatic carbocycles. The Morgan fingerprint density at radius 2 is 1.88 bits per heavy atom. The number of aliphatic hydroxyl groups excluding tert-OH is 1. The number of aliphatic hydroxyl groups is 1. The van der Waals surface area contributed by atoms with Crippen molar-refractivity contribution in [3.05, 3.63) is 58.7 Å². The average Bonchev–Trinajstić information content (AvgIpc) is 2.79. The van der Waals surface area contributed by atoms with Crippen LogP contribution in [0.4, 0.5) is 18.9 Å². The first-order valence-electron chi connectivity index (χ1n) is 7.15. The molecule has 0 saturated heterocycles. The van der Waals surface area contributed by atoms with Crippen molar-refractivity contribution in [2.75, 3.05) is 0 Å². The molecule has 3 rings (SSSR count). The summed E-state index contributed by atoms with van der Waals surface area (Å²) in [6.45, 7) is 6.90. The lowest BCUT2D eigenvalue weighted by Gasteiger charge is -2.15. The van der Waals surface area contributed by atoms with Gasteiger partial charge in [-0.3, -0.25) is 0 Å². The number of benzene rings is 2. The molecule has 2 aromatic rings. The summed E-state index contributed by atoms with van der Waals surface area (Å²) in [4.78, 5) is 2.42. The molecule has 1 aliphatic rings. The number of fused-ring (bicyclic) bond motifs is 1. The lowest BCUT2D eigenvalue weighted by atomic mass is 10.1. The van der Waals surface area contributed by atoms with Crippen molar-refractivity contribution < 1.29 is 31.4 Å². The van der Waals surface area contributed by atoms with Crippen molar-refractivity contribution >= 4 is 15.7 Å². The zero-order valence-electron chi connectivity index (χ0n) is 12.9. The summed E-state index contributed by atoms with van der Waals surface area (Å²) in [5, 5.41) is 14.9. The molecule has 26 heavy (non-hydrogen) atoms. The highest BCUT2D eigenvalue weighted by molar-refractivity contribution is 7.89. The second kappa shape index (κ2) is 6.28. The summed E-state index contributed by atoms with van der Waals surface area (Å²) < 4.78 is 70.5.